The zero-order valence-electron chi connectivity index (χ0n) is 15.1. The van der Waals surface area contributed by atoms with Gasteiger partial charge in [0.05, 0.1) is 30.2 Å². The van der Waals surface area contributed by atoms with Crippen LogP contribution in [0.4, 0.5) is 0 Å². The lowest BCUT2D eigenvalue weighted by atomic mass is 10.3. The lowest BCUT2D eigenvalue weighted by molar-refractivity contribution is -0.135. The first kappa shape index (κ1) is 18.7. The molecule has 1 aromatic carbocycles. The van der Waals surface area contributed by atoms with Crippen molar-refractivity contribution in [3.8, 4) is 0 Å². The van der Waals surface area contributed by atoms with Gasteiger partial charge in [-0.25, -0.2) is 13.1 Å². The molecule has 1 fully saturated rings. The van der Waals surface area contributed by atoms with Gasteiger partial charge in [-0.15, -0.1) is 5.10 Å². The predicted molar refractivity (Wildman–Crippen MR) is 95.1 cm³/mol. The Balaban J connectivity index is 1.80. The van der Waals surface area contributed by atoms with Crippen LogP contribution in [0.1, 0.15) is 19.9 Å². The van der Waals surface area contributed by atoms with Crippen LogP contribution in [0, 0.1) is 0 Å². The van der Waals surface area contributed by atoms with Crippen molar-refractivity contribution in [2.75, 3.05) is 39.9 Å². The average molecular weight is 381 g/mol. The second-order valence-corrected chi connectivity index (χ2v) is 8.58. The molecular formula is C16H23N5O4S. The SMILES string of the molecule is CC(C)n1nnc2cc(S(=O)(=O)N(C)CC(=O)N3CCOCC3)ccc21. The number of hydrogen-bond donors (Lipinski definition) is 0. The molecule has 0 spiro atoms. The summed E-state index contributed by atoms with van der Waals surface area (Å²) in [5.74, 6) is -0.230. The van der Waals surface area contributed by atoms with Crippen LogP contribution in [-0.2, 0) is 19.6 Å². The Morgan fingerprint density at radius 2 is 2.00 bits per heavy atom. The number of ether oxygens (including phenoxy) is 1. The van der Waals surface area contributed by atoms with E-state index in [1.165, 1.54) is 19.2 Å². The Kier molecular flexibility index (Phi) is 5.26. The number of morpholine rings is 1. The second kappa shape index (κ2) is 7.29. The van der Waals surface area contributed by atoms with Crippen LogP contribution in [0.2, 0.25) is 0 Å². The minimum absolute atomic E-state index is 0.0954. The van der Waals surface area contributed by atoms with Gasteiger partial charge >= 0.3 is 0 Å². The molecule has 1 aliphatic heterocycles. The van der Waals surface area contributed by atoms with Crippen LogP contribution in [0.3, 0.4) is 0 Å². The molecule has 0 atom stereocenters. The van der Waals surface area contributed by atoms with Gasteiger partial charge in [-0.2, -0.15) is 4.31 Å². The van der Waals surface area contributed by atoms with Crippen molar-refractivity contribution >= 4 is 27.0 Å². The number of sulfonamides is 1. The van der Waals surface area contributed by atoms with Crippen LogP contribution in [0.5, 0.6) is 0 Å². The van der Waals surface area contributed by atoms with Crippen molar-refractivity contribution in [2.45, 2.75) is 24.8 Å². The first-order valence-corrected chi connectivity index (χ1v) is 9.91. The summed E-state index contributed by atoms with van der Waals surface area (Å²) < 4.78 is 33.6. The number of likely N-dealkylation sites (N-methyl/N-ethyl adjacent to an activating group) is 1. The summed E-state index contributed by atoms with van der Waals surface area (Å²) >= 11 is 0. The van der Waals surface area contributed by atoms with Gasteiger partial charge in [-0.05, 0) is 32.0 Å². The molecule has 1 saturated heterocycles. The summed E-state index contributed by atoms with van der Waals surface area (Å²) in [4.78, 5) is 14.0. The standard InChI is InChI=1S/C16H23N5O4S/c1-12(2)21-15-5-4-13(10-14(15)17-18-21)26(23,24)19(3)11-16(22)20-6-8-25-9-7-20/h4-5,10,12H,6-9,11H2,1-3H3. The summed E-state index contributed by atoms with van der Waals surface area (Å²) in [7, 11) is -2.39. The molecule has 142 valence electrons. The van der Waals surface area contributed by atoms with Gasteiger partial charge in [-0.1, -0.05) is 5.21 Å². The highest BCUT2D eigenvalue weighted by Crippen LogP contribution is 2.21. The van der Waals surface area contributed by atoms with Gasteiger partial charge in [0, 0.05) is 26.2 Å². The molecule has 0 unspecified atom stereocenters. The molecule has 0 saturated carbocycles. The first-order chi connectivity index (χ1) is 12.3. The highest BCUT2D eigenvalue weighted by Gasteiger charge is 2.26. The quantitative estimate of drug-likeness (QED) is 0.748. The van der Waals surface area contributed by atoms with Gasteiger partial charge < -0.3 is 9.64 Å². The minimum Gasteiger partial charge on any atom is -0.378 e. The number of hydrogen-bond acceptors (Lipinski definition) is 6. The Hall–Kier alpha value is -2.04. The van der Waals surface area contributed by atoms with Gasteiger partial charge in [-0.3, -0.25) is 4.79 Å². The lowest BCUT2D eigenvalue weighted by Gasteiger charge is -2.28. The number of amides is 1. The molecule has 26 heavy (non-hydrogen) atoms. The Morgan fingerprint density at radius 3 is 2.65 bits per heavy atom. The monoisotopic (exact) mass is 381 g/mol. The van der Waals surface area contributed by atoms with E-state index in [0.717, 1.165) is 9.82 Å². The average Bonchev–Trinajstić information content (AvgIpc) is 3.05. The van der Waals surface area contributed by atoms with E-state index in [1.807, 2.05) is 13.8 Å². The van der Waals surface area contributed by atoms with Crippen molar-refractivity contribution < 1.29 is 17.9 Å². The van der Waals surface area contributed by atoms with E-state index >= 15 is 0 Å². The molecule has 0 bridgehead atoms. The molecule has 9 nitrogen and oxygen atoms in total. The number of benzene rings is 1. The number of carbonyl (C=O) groups is 1. The lowest BCUT2D eigenvalue weighted by Crippen LogP contribution is -2.46. The zero-order chi connectivity index (χ0) is 18.9. The number of fused-ring (bicyclic) bond motifs is 1. The zero-order valence-corrected chi connectivity index (χ0v) is 15.9. The summed E-state index contributed by atoms with van der Waals surface area (Å²) in [6.45, 7) is 5.66. The van der Waals surface area contributed by atoms with E-state index in [4.69, 9.17) is 4.74 Å². The molecule has 0 radical (unpaired) electrons. The molecule has 3 rings (SSSR count). The molecule has 1 aliphatic rings. The summed E-state index contributed by atoms with van der Waals surface area (Å²) in [5, 5.41) is 8.11. The van der Waals surface area contributed by atoms with Crippen molar-refractivity contribution in [1.29, 1.82) is 0 Å². The van der Waals surface area contributed by atoms with Crippen LogP contribution < -0.4 is 0 Å². The molecule has 1 amide bonds. The minimum atomic E-state index is -3.80. The van der Waals surface area contributed by atoms with Gasteiger partial charge in [0.15, 0.2) is 0 Å². The third kappa shape index (κ3) is 3.57. The van der Waals surface area contributed by atoms with Gasteiger partial charge in [0.1, 0.15) is 5.52 Å². The van der Waals surface area contributed by atoms with Crippen molar-refractivity contribution in [3.05, 3.63) is 18.2 Å². The number of nitrogens with zero attached hydrogens (tertiary/aromatic N) is 5. The predicted octanol–water partition coefficient (Wildman–Crippen LogP) is 0.492. The Bertz CT molecular complexity index is 903. The Morgan fingerprint density at radius 1 is 1.31 bits per heavy atom. The molecule has 2 heterocycles. The van der Waals surface area contributed by atoms with Crippen molar-refractivity contribution in [2.24, 2.45) is 0 Å². The summed E-state index contributed by atoms with van der Waals surface area (Å²) in [5.41, 5.74) is 1.28. The highest BCUT2D eigenvalue weighted by molar-refractivity contribution is 7.89. The van der Waals surface area contributed by atoms with E-state index in [-0.39, 0.29) is 23.4 Å². The summed E-state index contributed by atoms with van der Waals surface area (Å²) in [6.07, 6.45) is 0. The smallest absolute Gasteiger partial charge is 0.243 e. The molecule has 0 aliphatic carbocycles. The highest BCUT2D eigenvalue weighted by atomic mass is 32.2. The third-order valence-corrected chi connectivity index (χ3v) is 6.16. The maximum absolute atomic E-state index is 12.8. The second-order valence-electron chi connectivity index (χ2n) is 6.53. The van der Waals surface area contributed by atoms with Crippen molar-refractivity contribution in [1.82, 2.24) is 24.2 Å². The fourth-order valence-electron chi connectivity index (χ4n) is 2.83. The van der Waals surface area contributed by atoms with Crippen LogP contribution >= 0.6 is 0 Å². The molecule has 0 N–H and O–H groups in total. The van der Waals surface area contributed by atoms with Gasteiger partial charge in [0.2, 0.25) is 15.9 Å². The molecule has 2 aromatic rings. The van der Waals surface area contributed by atoms with Crippen LogP contribution in [0.15, 0.2) is 23.1 Å². The normalized spacial score (nSPS) is 16.0. The number of aromatic nitrogens is 3. The fourth-order valence-corrected chi connectivity index (χ4v) is 3.97. The van der Waals surface area contributed by atoms with Crippen LogP contribution in [-0.4, -0.2) is 78.4 Å². The van der Waals surface area contributed by atoms with E-state index in [1.54, 1.807) is 15.6 Å². The first-order valence-electron chi connectivity index (χ1n) is 8.47. The number of carbonyl (C=O) groups excluding carboxylic acids is 1. The van der Waals surface area contributed by atoms with E-state index < -0.39 is 10.0 Å². The van der Waals surface area contributed by atoms with E-state index in [9.17, 15) is 13.2 Å². The van der Waals surface area contributed by atoms with Gasteiger partial charge in [0.25, 0.3) is 0 Å². The maximum Gasteiger partial charge on any atom is 0.243 e. The molecule has 1 aromatic heterocycles. The fraction of sp³-hybridized carbons (Fsp3) is 0.562. The van der Waals surface area contributed by atoms with Crippen LogP contribution in [0.25, 0.3) is 11.0 Å². The molecule has 10 heteroatoms. The number of rotatable bonds is 5. The molecular weight excluding hydrogens is 358 g/mol. The summed E-state index contributed by atoms with van der Waals surface area (Å²) in [6, 6.07) is 4.83. The Labute approximate surface area is 152 Å². The topological polar surface area (TPSA) is 97.6 Å². The van der Waals surface area contributed by atoms with E-state index in [2.05, 4.69) is 10.3 Å². The largest absolute Gasteiger partial charge is 0.378 e. The van der Waals surface area contributed by atoms with Crippen molar-refractivity contribution in [3.63, 3.8) is 0 Å². The third-order valence-electron chi connectivity index (χ3n) is 4.36. The van der Waals surface area contributed by atoms with E-state index in [0.29, 0.717) is 31.8 Å². The maximum atomic E-state index is 12.8.